The van der Waals surface area contributed by atoms with Crippen molar-refractivity contribution in [3.8, 4) is 0 Å². The summed E-state index contributed by atoms with van der Waals surface area (Å²) >= 11 is 0. The van der Waals surface area contributed by atoms with E-state index in [2.05, 4.69) is 25.2 Å². The lowest BCUT2D eigenvalue weighted by Crippen LogP contribution is -2.04. The zero-order valence-corrected chi connectivity index (χ0v) is 10.7. The molecule has 0 saturated carbocycles. The van der Waals surface area contributed by atoms with E-state index >= 15 is 0 Å². The number of ether oxygens (including phenoxy) is 1. The molecule has 0 unspecified atom stereocenters. The highest BCUT2D eigenvalue weighted by Crippen LogP contribution is 2.11. The van der Waals surface area contributed by atoms with Crippen LogP contribution >= 0.6 is 0 Å². The Morgan fingerprint density at radius 1 is 1.25 bits per heavy atom. The minimum Gasteiger partial charge on any atom is -0.469 e. The third-order valence-corrected chi connectivity index (χ3v) is 2.74. The highest BCUT2D eigenvalue weighted by atomic mass is 16.5. The van der Waals surface area contributed by atoms with Gasteiger partial charge in [0, 0.05) is 0 Å². The molecule has 0 atom stereocenters. The van der Waals surface area contributed by atoms with Crippen LogP contribution in [-0.4, -0.2) is 38.3 Å². The van der Waals surface area contributed by atoms with Crippen LogP contribution in [0.5, 0.6) is 0 Å². The van der Waals surface area contributed by atoms with Crippen molar-refractivity contribution < 1.29 is 13.9 Å². The van der Waals surface area contributed by atoms with Crippen LogP contribution < -0.4 is 0 Å². The normalized spacial score (nSPS) is 10.8. The third kappa shape index (κ3) is 2.35. The molecule has 0 N–H and O–H groups in total. The Labute approximate surface area is 113 Å². The SMILES string of the molecule is COC(=O)Cc1nnc(Cn2nnc3ccccc32)o1. The number of rotatable bonds is 4. The van der Waals surface area contributed by atoms with Crippen molar-refractivity contribution in [2.24, 2.45) is 0 Å². The van der Waals surface area contributed by atoms with Crippen LogP contribution in [0.1, 0.15) is 11.8 Å². The van der Waals surface area contributed by atoms with Crippen LogP contribution in [0.3, 0.4) is 0 Å². The maximum absolute atomic E-state index is 11.1. The number of hydrogen-bond donors (Lipinski definition) is 0. The molecule has 20 heavy (non-hydrogen) atoms. The number of hydrogen-bond acceptors (Lipinski definition) is 7. The van der Waals surface area contributed by atoms with Gasteiger partial charge in [-0.15, -0.1) is 15.3 Å². The fourth-order valence-corrected chi connectivity index (χ4v) is 1.78. The number of aromatic nitrogens is 5. The number of esters is 1. The van der Waals surface area contributed by atoms with Gasteiger partial charge in [-0.1, -0.05) is 17.3 Å². The molecule has 0 spiro atoms. The van der Waals surface area contributed by atoms with Crippen LogP contribution in [0, 0.1) is 0 Å². The van der Waals surface area contributed by atoms with Crippen LogP contribution in [-0.2, 0) is 22.5 Å². The van der Waals surface area contributed by atoms with Gasteiger partial charge in [0.2, 0.25) is 11.8 Å². The largest absolute Gasteiger partial charge is 0.469 e. The lowest BCUT2D eigenvalue weighted by atomic mass is 10.3. The Bertz CT molecular complexity index is 748. The van der Waals surface area contributed by atoms with Gasteiger partial charge < -0.3 is 9.15 Å². The number of para-hydroxylation sites is 1. The molecule has 3 aromatic rings. The zero-order chi connectivity index (χ0) is 13.9. The number of benzene rings is 1. The fourth-order valence-electron chi connectivity index (χ4n) is 1.78. The Morgan fingerprint density at radius 2 is 2.05 bits per heavy atom. The second-order valence-corrected chi connectivity index (χ2v) is 4.08. The molecular weight excluding hydrogens is 262 g/mol. The number of nitrogens with zero attached hydrogens (tertiary/aromatic N) is 5. The summed E-state index contributed by atoms with van der Waals surface area (Å²) in [6.07, 6.45) is -0.0401. The van der Waals surface area contributed by atoms with E-state index < -0.39 is 5.97 Å². The van der Waals surface area contributed by atoms with E-state index in [-0.39, 0.29) is 12.3 Å². The molecule has 3 rings (SSSR count). The van der Waals surface area contributed by atoms with Gasteiger partial charge >= 0.3 is 5.97 Å². The first-order valence-corrected chi connectivity index (χ1v) is 5.92. The zero-order valence-electron chi connectivity index (χ0n) is 10.7. The first-order chi connectivity index (χ1) is 9.76. The van der Waals surface area contributed by atoms with E-state index in [1.54, 1.807) is 4.68 Å². The number of carbonyl (C=O) groups excluding carboxylic acids is 1. The highest BCUT2D eigenvalue weighted by molar-refractivity contribution is 5.73. The summed E-state index contributed by atoms with van der Waals surface area (Å²) in [7, 11) is 1.31. The van der Waals surface area contributed by atoms with E-state index in [0.717, 1.165) is 11.0 Å². The van der Waals surface area contributed by atoms with E-state index in [4.69, 9.17) is 4.42 Å². The van der Waals surface area contributed by atoms with Crippen molar-refractivity contribution in [1.82, 2.24) is 25.2 Å². The molecule has 102 valence electrons. The molecule has 0 aliphatic carbocycles. The average Bonchev–Trinajstić information content (AvgIpc) is 3.07. The minimum absolute atomic E-state index is 0.0401. The van der Waals surface area contributed by atoms with Gasteiger partial charge in [0.05, 0.1) is 12.6 Å². The molecule has 0 radical (unpaired) electrons. The maximum Gasteiger partial charge on any atom is 0.315 e. The molecule has 0 amide bonds. The number of methoxy groups -OCH3 is 1. The Balaban J connectivity index is 1.79. The maximum atomic E-state index is 11.1. The van der Waals surface area contributed by atoms with Gasteiger partial charge in [0.15, 0.2) is 0 Å². The summed E-state index contributed by atoms with van der Waals surface area (Å²) in [6.45, 7) is 0.300. The predicted molar refractivity (Wildman–Crippen MR) is 66.6 cm³/mol. The molecule has 1 aromatic carbocycles. The smallest absolute Gasteiger partial charge is 0.315 e. The van der Waals surface area contributed by atoms with Crippen molar-refractivity contribution in [2.75, 3.05) is 7.11 Å². The summed E-state index contributed by atoms with van der Waals surface area (Å²) in [6, 6.07) is 7.57. The first kappa shape index (κ1) is 12.3. The van der Waals surface area contributed by atoms with Crippen LogP contribution in [0.4, 0.5) is 0 Å². The van der Waals surface area contributed by atoms with Crippen molar-refractivity contribution >= 4 is 17.0 Å². The van der Waals surface area contributed by atoms with Crippen LogP contribution in [0.2, 0.25) is 0 Å². The average molecular weight is 273 g/mol. The quantitative estimate of drug-likeness (QED) is 0.641. The lowest BCUT2D eigenvalue weighted by molar-refractivity contribution is -0.140. The molecule has 2 aromatic heterocycles. The number of carbonyl (C=O) groups is 1. The molecule has 0 fully saturated rings. The Kier molecular flexibility index (Phi) is 3.12. The highest BCUT2D eigenvalue weighted by Gasteiger charge is 2.13. The van der Waals surface area contributed by atoms with E-state index in [0.29, 0.717) is 12.4 Å². The van der Waals surface area contributed by atoms with Gasteiger partial charge in [-0.3, -0.25) is 4.79 Å². The minimum atomic E-state index is -0.425. The van der Waals surface area contributed by atoms with Crippen LogP contribution in [0.15, 0.2) is 28.7 Å². The summed E-state index contributed by atoms with van der Waals surface area (Å²) in [5, 5.41) is 15.7. The summed E-state index contributed by atoms with van der Waals surface area (Å²) in [5.74, 6) is 0.155. The van der Waals surface area contributed by atoms with Gasteiger partial charge in [0.1, 0.15) is 18.5 Å². The van der Waals surface area contributed by atoms with Crippen molar-refractivity contribution in [3.63, 3.8) is 0 Å². The lowest BCUT2D eigenvalue weighted by Gasteiger charge is -1.97. The molecular formula is C12H11N5O3. The van der Waals surface area contributed by atoms with Crippen LogP contribution in [0.25, 0.3) is 11.0 Å². The van der Waals surface area contributed by atoms with E-state index in [9.17, 15) is 4.79 Å². The summed E-state index contributed by atoms with van der Waals surface area (Å²) in [4.78, 5) is 11.1. The topological polar surface area (TPSA) is 95.9 Å². The van der Waals surface area contributed by atoms with Gasteiger partial charge in [-0.25, -0.2) is 4.68 Å². The molecule has 8 heteroatoms. The molecule has 2 heterocycles. The third-order valence-electron chi connectivity index (χ3n) is 2.74. The molecule has 0 bridgehead atoms. The van der Waals surface area contributed by atoms with E-state index in [1.807, 2.05) is 24.3 Å². The fraction of sp³-hybridized carbons (Fsp3) is 0.250. The summed E-state index contributed by atoms with van der Waals surface area (Å²) in [5.41, 5.74) is 1.67. The van der Waals surface area contributed by atoms with Gasteiger partial charge in [-0.05, 0) is 12.1 Å². The molecule has 0 aliphatic heterocycles. The van der Waals surface area contributed by atoms with E-state index in [1.165, 1.54) is 7.11 Å². The van der Waals surface area contributed by atoms with Gasteiger partial charge in [-0.2, -0.15) is 0 Å². The standard InChI is InChI=1S/C12H11N5O3/c1-19-12(18)6-10-14-15-11(20-10)7-17-9-5-3-2-4-8(9)13-16-17/h2-5H,6-7H2,1H3. The Morgan fingerprint density at radius 3 is 2.90 bits per heavy atom. The molecule has 0 aliphatic rings. The monoisotopic (exact) mass is 273 g/mol. The molecule has 0 saturated heterocycles. The predicted octanol–water partition coefficient (Wildman–Crippen LogP) is 0.578. The van der Waals surface area contributed by atoms with Crippen molar-refractivity contribution in [2.45, 2.75) is 13.0 Å². The first-order valence-electron chi connectivity index (χ1n) is 5.92. The number of fused-ring (bicyclic) bond motifs is 1. The van der Waals surface area contributed by atoms with Crippen molar-refractivity contribution in [3.05, 3.63) is 36.0 Å². The Hall–Kier alpha value is -2.77. The summed E-state index contributed by atoms with van der Waals surface area (Å²) < 4.78 is 11.6. The molecule has 8 nitrogen and oxygen atoms in total. The van der Waals surface area contributed by atoms with Crippen molar-refractivity contribution in [1.29, 1.82) is 0 Å². The van der Waals surface area contributed by atoms with Gasteiger partial charge in [0.25, 0.3) is 0 Å². The second-order valence-electron chi connectivity index (χ2n) is 4.08. The second kappa shape index (κ2) is 5.08.